The van der Waals surface area contributed by atoms with Crippen molar-refractivity contribution in [2.75, 3.05) is 25.4 Å². The molecule has 1 amide bonds. The number of hydrogen-bond acceptors (Lipinski definition) is 3. The molecular weight excluding hydrogens is 246 g/mol. The Balaban J connectivity index is 2.31. The number of nitrogens with one attached hydrogen (secondary N) is 1. The Kier molecular flexibility index (Phi) is 6.54. The van der Waals surface area contributed by atoms with Gasteiger partial charge in [0, 0.05) is 31.3 Å². The number of carbonyl (C=O) groups excluding carboxylic acids is 1. The number of nitrogens with zero attached hydrogens (tertiary/aromatic N) is 2. The Morgan fingerprint density at radius 1 is 1.50 bits per heavy atom. The molecule has 104 valence electrons. The van der Waals surface area contributed by atoms with Crippen molar-refractivity contribution in [3.63, 3.8) is 0 Å². The molecule has 4 nitrogen and oxygen atoms in total. The largest absolute Gasteiger partial charge is 0.361 e. The van der Waals surface area contributed by atoms with Gasteiger partial charge in [-0.25, -0.2) is 0 Å². The predicted octanol–water partition coefficient (Wildman–Crippen LogP) is 1.96. The summed E-state index contributed by atoms with van der Waals surface area (Å²) in [6, 6.07) is 0.521. The minimum atomic E-state index is 0.202. The van der Waals surface area contributed by atoms with Gasteiger partial charge in [0.2, 0.25) is 5.91 Å². The molecule has 1 atom stereocenters. The van der Waals surface area contributed by atoms with Gasteiger partial charge >= 0.3 is 0 Å². The Bertz CT molecular complexity index is 301. The first-order chi connectivity index (χ1) is 8.58. The zero-order valence-electron chi connectivity index (χ0n) is 11.9. The lowest BCUT2D eigenvalue weighted by Gasteiger charge is -2.17. The fraction of sp³-hybridized carbons (Fsp3) is 0.846. The van der Waals surface area contributed by atoms with E-state index in [0.717, 1.165) is 24.0 Å². The van der Waals surface area contributed by atoms with Gasteiger partial charge in [0.1, 0.15) is 0 Å². The zero-order chi connectivity index (χ0) is 13.5. The van der Waals surface area contributed by atoms with Crippen molar-refractivity contribution in [1.82, 2.24) is 10.2 Å². The molecule has 0 spiro atoms. The molecule has 1 aliphatic rings. The van der Waals surface area contributed by atoms with E-state index in [9.17, 15) is 4.79 Å². The van der Waals surface area contributed by atoms with Crippen molar-refractivity contribution < 1.29 is 4.79 Å². The number of thioether (sulfide) groups is 1. The second kappa shape index (κ2) is 7.67. The third-order valence-corrected chi connectivity index (χ3v) is 4.26. The van der Waals surface area contributed by atoms with Crippen molar-refractivity contribution in [3.05, 3.63) is 0 Å². The molecule has 0 aromatic carbocycles. The van der Waals surface area contributed by atoms with Crippen molar-refractivity contribution in [1.29, 1.82) is 0 Å². The third kappa shape index (κ3) is 4.52. The number of amides is 1. The fourth-order valence-electron chi connectivity index (χ4n) is 1.85. The molecular formula is C13H25N3OS. The van der Waals surface area contributed by atoms with Crippen LogP contribution in [0.3, 0.4) is 0 Å². The maximum atomic E-state index is 11.8. The lowest BCUT2D eigenvalue weighted by Crippen LogP contribution is -2.32. The smallest absolute Gasteiger partial charge is 0.224 e. The standard InChI is InChI=1S/C13H25N3OS/c1-5-16(6-2)12(17)7-8-14-13-15-11(9-18-13)10(3)4/h10-11H,5-9H2,1-4H3,(H,14,15)/t11-/m1/s1. The van der Waals surface area contributed by atoms with Gasteiger partial charge in [0.05, 0.1) is 6.54 Å². The van der Waals surface area contributed by atoms with Crippen molar-refractivity contribution >= 4 is 22.8 Å². The van der Waals surface area contributed by atoms with E-state index < -0.39 is 0 Å². The van der Waals surface area contributed by atoms with Gasteiger partial charge in [0.15, 0.2) is 5.17 Å². The monoisotopic (exact) mass is 271 g/mol. The summed E-state index contributed by atoms with van der Waals surface area (Å²) >= 11 is 1.76. The Morgan fingerprint density at radius 3 is 2.67 bits per heavy atom. The maximum Gasteiger partial charge on any atom is 0.224 e. The van der Waals surface area contributed by atoms with Crippen molar-refractivity contribution in [2.45, 2.75) is 40.2 Å². The van der Waals surface area contributed by atoms with Gasteiger partial charge in [-0.1, -0.05) is 25.6 Å². The van der Waals surface area contributed by atoms with Gasteiger partial charge in [-0.05, 0) is 19.8 Å². The van der Waals surface area contributed by atoms with E-state index in [4.69, 9.17) is 0 Å². The highest BCUT2D eigenvalue weighted by Crippen LogP contribution is 2.18. The van der Waals surface area contributed by atoms with Crippen LogP contribution in [-0.4, -0.2) is 47.4 Å². The van der Waals surface area contributed by atoms with Crippen LogP contribution < -0.4 is 5.32 Å². The van der Waals surface area contributed by atoms with Gasteiger partial charge in [-0.15, -0.1) is 0 Å². The SMILES string of the molecule is CCN(CC)C(=O)CCN=C1N[C@@H](C(C)C)CS1. The molecule has 1 rings (SSSR count). The van der Waals surface area contributed by atoms with Crippen LogP contribution in [0.15, 0.2) is 4.99 Å². The number of aliphatic imine (C=N–C) groups is 1. The number of carbonyl (C=O) groups is 1. The molecule has 1 N–H and O–H groups in total. The van der Waals surface area contributed by atoms with Crippen LogP contribution >= 0.6 is 11.8 Å². The molecule has 18 heavy (non-hydrogen) atoms. The summed E-state index contributed by atoms with van der Waals surface area (Å²) in [7, 11) is 0. The molecule has 0 bridgehead atoms. The summed E-state index contributed by atoms with van der Waals surface area (Å²) < 4.78 is 0. The second-order valence-corrected chi connectivity index (χ2v) is 5.82. The highest BCUT2D eigenvalue weighted by molar-refractivity contribution is 8.14. The average molecular weight is 271 g/mol. The molecule has 0 aromatic rings. The Morgan fingerprint density at radius 2 is 2.17 bits per heavy atom. The van der Waals surface area contributed by atoms with Gasteiger partial charge < -0.3 is 10.2 Å². The zero-order valence-corrected chi connectivity index (χ0v) is 12.7. The van der Waals surface area contributed by atoms with E-state index in [-0.39, 0.29) is 5.91 Å². The molecule has 0 aliphatic carbocycles. The van der Waals surface area contributed by atoms with Crippen molar-refractivity contribution in [3.8, 4) is 0 Å². The van der Waals surface area contributed by atoms with Crippen LogP contribution in [0.2, 0.25) is 0 Å². The number of rotatable bonds is 6. The van der Waals surface area contributed by atoms with Crippen LogP contribution in [-0.2, 0) is 4.79 Å². The Labute approximate surface area is 115 Å². The number of amidine groups is 1. The molecule has 1 fully saturated rings. The van der Waals surface area contributed by atoms with Gasteiger partial charge in [0.25, 0.3) is 0 Å². The molecule has 5 heteroatoms. The highest BCUT2D eigenvalue weighted by Gasteiger charge is 2.22. The normalized spacial score (nSPS) is 21.4. The van der Waals surface area contributed by atoms with E-state index in [1.807, 2.05) is 18.7 Å². The predicted molar refractivity (Wildman–Crippen MR) is 79.1 cm³/mol. The molecule has 1 heterocycles. The summed E-state index contributed by atoms with van der Waals surface area (Å²) in [5, 5.41) is 4.41. The third-order valence-electron chi connectivity index (χ3n) is 3.21. The summed E-state index contributed by atoms with van der Waals surface area (Å²) in [6.45, 7) is 10.6. The Hall–Kier alpha value is -0.710. The van der Waals surface area contributed by atoms with Gasteiger partial charge in [-0.2, -0.15) is 0 Å². The van der Waals surface area contributed by atoms with Crippen LogP contribution in [0.5, 0.6) is 0 Å². The summed E-state index contributed by atoms with van der Waals surface area (Å²) in [5.74, 6) is 1.91. The minimum absolute atomic E-state index is 0.202. The van der Waals surface area contributed by atoms with Crippen LogP contribution in [0.1, 0.15) is 34.1 Å². The van der Waals surface area contributed by atoms with E-state index in [0.29, 0.717) is 24.9 Å². The first-order valence-electron chi connectivity index (χ1n) is 6.80. The first kappa shape index (κ1) is 15.3. The molecule has 0 unspecified atom stereocenters. The summed E-state index contributed by atoms with van der Waals surface area (Å²) in [4.78, 5) is 18.1. The second-order valence-electron chi connectivity index (χ2n) is 4.81. The summed E-state index contributed by atoms with van der Waals surface area (Å²) in [6.07, 6.45) is 0.514. The summed E-state index contributed by atoms with van der Waals surface area (Å²) in [5.41, 5.74) is 0. The van der Waals surface area contributed by atoms with E-state index in [2.05, 4.69) is 24.2 Å². The van der Waals surface area contributed by atoms with Crippen molar-refractivity contribution in [2.24, 2.45) is 10.9 Å². The average Bonchev–Trinajstić information content (AvgIpc) is 2.79. The van der Waals surface area contributed by atoms with Crippen LogP contribution in [0, 0.1) is 5.92 Å². The molecule has 0 aromatic heterocycles. The lowest BCUT2D eigenvalue weighted by molar-refractivity contribution is -0.130. The van der Waals surface area contributed by atoms with Crippen LogP contribution in [0.25, 0.3) is 0 Å². The van der Waals surface area contributed by atoms with E-state index in [1.165, 1.54) is 0 Å². The minimum Gasteiger partial charge on any atom is -0.361 e. The van der Waals surface area contributed by atoms with Gasteiger partial charge in [-0.3, -0.25) is 9.79 Å². The lowest BCUT2D eigenvalue weighted by atomic mass is 10.1. The van der Waals surface area contributed by atoms with Crippen LogP contribution in [0.4, 0.5) is 0 Å². The molecule has 0 radical (unpaired) electrons. The first-order valence-corrected chi connectivity index (χ1v) is 7.78. The molecule has 1 saturated heterocycles. The van der Waals surface area contributed by atoms with E-state index in [1.54, 1.807) is 11.8 Å². The molecule has 0 saturated carbocycles. The quantitative estimate of drug-likeness (QED) is 0.803. The topological polar surface area (TPSA) is 44.7 Å². The maximum absolute atomic E-state index is 11.8. The number of hydrogen-bond donors (Lipinski definition) is 1. The highest BCUT2D eigenvalue weighted by atomic mass is 32.2. The fourth-order valence-corrected chi connectivity index (χ4v) is 3.07. The van der Waals surface area contributed by atoms with E-state index >= 15 is 0 Å². The molecule has 1 aliphatic heterocycles.